The maximum Gasteiger partial charge on any atom is 0.266 e. The normalized spacial score (nSPS) is 14.6. The van der Waals surface area contributed by atoms with Crippen LogP contribution in [0, 0.1) is 17.1 Å². The van der Waals surface area contributed by atoms with Crippen LogP contribution in [0.1, 0.15) is 5.56 Å². The number of nitrogens with one attached hydrogen (secondary N) is 1. The lowest BCUT2D eigenvalue weighted by Gasteiger charge is -2.36. The summed E-state index contributed by atoms with van der Waals surface area (Å²) in [6.45, 7) is 2.89. The molecule has 1 N–H and O–H groups in total. The van der Waals surface area contributed by atoms with Gasteiger partial charge in [0, 0.05) is 44.6 Å². The number of amides is 1. The van der Waals surface area contributed by atoms with Crippen LogP contribution in [0.15, 0.2) is 66.4 Å². The molecule has 2 aromatic carbocycles. The van der Waals surface area contributed by atoms with Gasteiger partial charge in [0.2, 0.25) is 0 Å². The van der Waals surface area contributed by atoms with Crippen molar-refractivity contribution >= 4 is 11.6 Å². The minimum absolute atomic E-state index is 0.0983. The molecular weight excluding hydrogens is 343 g/mol. The van der Waals surface area contributed by atoms with Gasteiger partial charge in [-0.25, -0.2) is 4.39 Å². The smallest absolute Gasteiger partial charge is 0.266 e. The van der Waals surface area contributed by atoms with Crippen molar-refractivity contribution in [3.63, 3.8) is 0 Å². The third-order valence-corrected chi connectivity index (χ3v) is 4.50. The van der Waals surface area contributed by atoms with Gasteiger partial charge in [-0.05, 0) is 29.8 Å². The molecule has 27 heavy (non-hydrogen) atoms. The Hall–Kier alpha value is -3.33. The molecule has 1 saturated heterocycles. The maximum atomic E-state index is 13.0. The molecule has 2 aromatic rings. The Morgan fingerprint density at radius 3 is 2.37 bits per heavy atom. The van der Waals surface area contributed by atoms with Crippen molar-refractivity contribution in [1.29, 1.82) is 5.26 Å². The van der Waals surface area contributed by atoms with Crippen molar-refractivity contribution in [2.45, 2.75) is 6.54 Å². The summed E-state index contributed by atoms with van der Waals surface area (Å²) >= 11 is 0. The van der Waals surface area contributed by atoms with Crippen molar-refractivity contribution in [3.05, 3.63) is 77.8 Å². The van der Waals surface area contributed by atoms with Crippen molar-refractivity contribution < 1.29 is 9.18 Å². The molecule has 0 bridgehead atoms. The van der Waals surface area contributed by atoms with E-state index in [1.807, 2.05) is 36.4 Å². The molecule has 0 saturated carbocycles. The number of anilines is 1. The highest BCUT2D eigenvalue weighted by Crippen LogP contribution is 2.17. The molecule has 1 heterocycles. The van der Waals surface area contributed by atoms with Crippen LogP contribution in [0.2, 0.25) is 0 Å². The number of halogens is 1. The SMILES string of the molecule is N#C/C(=C/NCc1ccccc1)C(=O)N1CCN(c2ccc(F)cc2)CC1. The zero-order chi connectivity index (χ0) is 19.1. The zero-order valence-electron chi connectivity index (χ0n) is 14.9. The summed E-state index contributed by atoms with van der Waals surface area (Å²) in [4.78, 5) is 16.4. The van der Waals surface area contributed by atoms with Gasteiger partial charge >= 0.3 is 0 Å². The summed E-state index contributed by atoms with van der Waals surface area (Å²) < 4.78 is 13.0. The third kappa shape index (κ3) is 4.85. The van der Waals surface area contributed by atoms with E-state index in [1.165, 1.54) is 18.3 Å². The van der Waals surface area contributed by atoms with E-state index in [4.69, 9.17) is 0 Å². The molecule has 6 heteroatoms. The molecule has 1 fully saturated rings. The second-order valence-corrected chi connectivity index (χ2v) is 6.29. The quantitative estimate of drug-likeness (QED) is 0.655. The summed E-state index contributed by atoms with van der Waals surface area (Å²) in [5, 5.41) is 12.4. The van der Waals surface area contributed by atoms with Crippen molar-refractivity contribution in [3.8, 4) is 6.07 Å². The first kappa shape index (κ1) is 18.5. The van der Waals surface area contributed by atoms with Crippen LogP contribution < -0.4 is 10.2 Å². The predicted octanol–water partition coefficient (Wildman–Crippen LogP) is 2.67. The first-order valence-electron chi connectivity index (χ1n) is 8.85. The predicted molar refractivity (Wildman–Crippen MR) is 102 cm³/mol. The molecule has 5 nitrogen and oxygen atoms in total. The number of nitriles is 1. The van der Waals surface area contributed by atoms with Crippen LogP contribution in [0.25, 0.3) is 0 Å². The van der Waals surface area contributed by atoms with E-state index in [-0.39, 0.29) is 17.3 Å². The van der Waals surface area contributed by atoms with Crippen LogP contribution in [0.5, 0.6) is 0 Å². The number of piperazine rings is 1. The molecule has 1 aliphatic heterocycles. The van der Waals surface area contributed by atoms with Crippen LogP contribution >= 0.6 is 0 Å². The Balaban J connectivity index is 1.54. The second-order valence-electron chi connectivity index (χ2n) is 6.29. The van der Waals surface area contributed by atoms with Crippen molar-refractivity contribution in [1.82, 2.24) is 10.2 Å². The van der Waals surface area contributed by atoms with Gasteiger partial charge in [0.25, 0.3) is 5.91 Å². The Morgan fingerprint density at radius 1 is 1.07 bits per heavy atom. The third-order valence-electron chi connectivity index (χ3n) is 4.50. The van der Waals surface area contributed by atoms with E-state index >= 15 is 0 Å². The monoisotopic (exact) mass is 364 g/mol. The molecular formula is C21H21FN4O. The number of carbonyl (C=O) groups excluding carboxylic acids is 1. The van der Waals surface area contributed by atoms with E-state index in [1.54, 1.807) is 17.0 Å². The van der Waals surface area contributed by atoms with E-state index < -0.39 is 0 Å². The molecule has 0 aliphatic carbocycles. The number of benzene rings is 2. The Bertz CT molecular complexity index is 835. The van der Waals surface area contributed by atoms with Gasteiger partial charge in [-0.1, -0.05) is 30.3 Å². The standard InChI is InChI=1S/C21H21FN4O/c22-19-6-8-20(9-7-19)25-10-12-26(13-11-25)21(27)18(14-23)16-24-15-17-4-2-1-3-5-17/h1-9,16,24H,10-13,15H2/b18-16-. The van der Waals surface area contributed by atoms with Crippen LogP contribution in [0.4, 0.5) is 10.1 Å². The first-order chi connectivity index (χ1) is 13.2. The second kappa shape index (κ2) is 8.86. The van der Waals surface area contributed by atoms with Gasteiger partial charge in [0.1, 0.15) is 17.5 Å². The minimum Gasteiger partial charge on any atom is -0.386 e. The number of hydrogen-bond acceptors (Lipinski definition) is 4. The fourth-order valence-corrected chi connectivity index (χ4v) is 3.00. The average Bonchev–Trinajstić information content (AvgIpc) is 2.72. The average molecular weight is 364 g/mol. The molecule has 0 atom stereocenters. The molecule has 0 aromatic heterocycles. The Morgan fingerprint density at radius 2 is 1.74 bits per heavy atom. The van der Waals surface area contributed by atoms with Gasteiger partial charge < -0.3 is 15.1 Å². The van der Waals surface area contributed by atoms with E-state index in [9.17, 15) is 14.4 Å². The first-order valence-corrected chi connectivity index (χ1v) is 8.85. The number of nitrogens with zero attached hydrogens (tertiary/aromatic N) is 3. The number of hydrogen-bond donors (Lipinski definition) is 1. The Kier molecular flexibility index (Phi) is 6.06. The zero-order valence-corrected chi connectivity index (χ0v) is 14.9. The summed E-state index contributed by atoms with van der Waals surface area (Å²) in [6.07, 6.45) is 1.49. The van der Waals surface area contributed by atoms with Crippen molar-refractivity contribution in [2.75, 3.05) is 31.1 Å². The number of rotatable bonds is 5. The molecule has 1 amide bonds. The summed E-state index contributed by atoms with van der Waals surface area (Å²) in [5.41, 5.74) is 2.11. The van der Waals surface area contributed by atoms with Gasteiger partial charge in [0.15, 0.2) is 0 Å². The van der Waals surface area contributed by atoms with Crippen LogP contribution in [-0.4, -0.2) is 37.0 Å². The van der Waals surface area contributed by atoms with Gasteiger partial charge in [-0.2, -0.15) is 5.26 Å². The summed E-state index contributed by atoms with van der Waals surface area (Å²) in [5.74, 6) is -0.531. The topological polar surface area (TPSA) is 59.4 Å². The highest BCUT2D eigenvalue weighted by Gasteiger charge is 2.23. The number of carbonyl (C=O) groups is 1. The summed E-state index contributed by atoms with van der Waals surface area (Å²) in [6, 6.07) is 18.1. The van der Waals surface area contributed by atoms with Crippen LogP contribution in [0.3, 0.4) is 0 Å². The van der Waals surface area contributed by atoms with Gasteiger partial charge in [-0.3, -0.25) is 4.79 Å². The minimum atomic E-state index is -0.267. The highest BCUT2D eigenvalue weighted by molar-refractivity contribution is 5.97. The van der Waals surface area contributed by atoms with E-state index in [0.29, 0.717) is 32.7 Å². The molecule has 0 spiro atoms. The molecule has 138 valence electrons. The van der Waals surface area contributed by atoms with Crippen LogP contribution in [-0.2, 0) is 11.3 Å². The van der Waals surface area contributed by atoms with Gasteiger partial charge in [-0.15, -0.1) is 0 Å². The Labute approximate surface area is 158 Å². The van der Waals surface area contributed by atoms with E-state index in [2.05, 4.69) is 10.2 Å². The van der Waals surface area contributed by atoms with Gasteiger partial charge in [0.05, 0.1) is 0 Å². The van der Waals surface area contributed by atoms with E-state index in [0.717, 1.165) is 11.3 Å². The molecule has 0 unspecified atom stereocenters. The largest absolute Gasteiger partial charge is 0.386 e. The highest BCUT2D eigenvalue weighted by atomic mass is 19.1. The fourth-order valence-electron chi connectivity index (χ4n) is 3.00. The summed E-state index contributed by atoms with van der Waals surface area (Å²) in [7, 11) is 0. The molecule has 1 aliphatic rings. The lowest BCUT2D eigenvalue weighted by molar-refractivity contribution is -0.127. The van der Waals surface area contributed by atoms with Crippen molar-refractivity contribution in [2.24, 2.45) is 0 Å². The lowest BCUT2D eigenvalue weighted by atomic mass is 10.2. The maximum absolute atomic E-state index is 13.0. The molecule has 3 rings (SSSR count). The molecule has 0 radical (unpaired) electrons. The lowest BCUT2D eigenvalue weighted by Crippen LogP contribution is -2.49. The fraction of sp³-hybridized carbons (Fsp3) is 0.238.